The molecule has 0 aliphatic carbocycles. The van der Waals surface area contributed by atoms with Gasteiger partial charge in [-0.1, -0.05) is 18.2 Å². The van der Waals surface area contributed by atoms with Crippen molar-refractivity contribution < 1.29 is 9.31 Å². The fourth-order valence-corrected chi connectivity index (χ4v) is 3.38. The van der Waals surface area contributed by atoms with Crippen molar-refractivity contribution in [1.82, 2.24) is 14.9 Å². The first-order valence-corrected chi connectivity index (χ1v) is 9.20. The molecule has 0 saturated carbocycles. The molecule has 0 saturated heterocycles. The molecular weight excluding hydrogens is 350 g/mol. The Morgan fingerprint density at radius 2 is 2.12 bits per heavy atom. The summed E-state index contributed by atoms with van der Waals surface area (Å²) < 4.78 is 3.11. The second-order valence-electron chi connectivity index (χ2n) is 5.74. The minimum Gasteiger partial charge on any atom is -0.323 e. The maximum atomic E-state index is 12.9. The Morgan fingerprint density at radius 3 is 2.96 bits per heavy atom. The van der Waals surface area contributed by atoms with Crippen molar-refractivity contribution in [2.75, 3.05) is 11.6 Å². The summed E-state index contributed by atoms with van der Waals surface area (Å²) in [5.41, 5.74) is 1.72. The Hall–Kier alpha value is -3.13. The maximum absolute atomic E-state index is 12.9. The quantitative estimate of drug-likeness (QED) is 0.426. The number of para-hydroxylation sites is 1. The molecule has 7 nitrogen and oxygen atoms in total. The monoisotopic (exact) mass is 366 g/mol. The fourth-order valence-electron chi connectivity index (χ4n) is 2.92. The lowest BCUT2D eigenvalue weighted by Gasteiger charge is -2.07. The van der Waals surface area contributed by atoms with Gasteiger partial charge in [-0.15, -0.1) is 21.5 Å². The molecule has 0 atom stereocenters. The molecule has 26 heavy (non-hydrogen) atoms. The third-order valence-electron chi connectivity index (χ3n) is 4.12. The van der Waals surface area contributed by atoms with Crippen molar-refractivity contribution in [2.45, 2.75) is 11.4 Å². The Morgan fingerprint density at radius 1 is 1.27 bits per heavy atom. The van der Waals surface area contributed by atoms with Crippen LogP contribution in [-0.2, 0) is 11.3 Å². The van der Waals surface area contributed by atoms with Crippen LogP contribution in [0.25, 0.3) is 16.6 Å². The first kappa shape index (κ1) is 16.3. The van der Waals surface area contributed by atoms with Crippen molar-refractivity contribution in [2.24, 2.45) is 0 Å². The van der Waals surface area contributed by atoms with Crippen LogP contribution in [0.5, 0.6) is 0 Å². The third-order valence-corrected chi connectivity index (χ3v) is 4.84. The molecule has 4 rings (SSSR count). The first-order valence-electron chi connectivity index (χ1n) is 7.98. The number of nitrogens with one attached hydrogen (secondary N) is 2. The van der Waals surface area contributed by atoms with Crippen molar-refractivity contribution in [3.63, 3.8) is 0 Å². The normalized spacial score (nSPS) is 11.1. The summed E-state index contributed by atoms with van der Waals surface area (Å²) in [4.78, 5) is 26.4. The number of anilines is 1. The number of benzene rings is 2. The van der Waals surface area contributed by atoms with Gasteiger partial charge < -0.3 is 5.32 Å². The number of hydrogen-bond donors (Lipinski definition) is 2. The van der Waals surface area contributed by atoms with E-state index in [9.17, 15) is 9.59 Å². The lowest BCUT2D eigenvalue weighted by molar-refractivity contribution is -0.557. The smallest absolute Gasteiger partial charge is 0.318 e. The van der Waals surface area contributed by atoms with Gasteiger partial charge in [-0.3, -0.25) is 9.59 Å². The van der Waals surface area contributed by atoms with Crippen molar-refractivity contribution in [3.8, 4) is 0 Å². The largest absolute Gasteiger partial charge is 0.323 e. The van der Waals surface area contributed by atoms with Crippen molar-refractivity contribution in [3.05, 3.63) is 65.1 Å². The molecule has 1 amide bonds. The zero-order valence-electron chi connectivity index (χ0n) is 14.0. The van der Waals surface area contributed by atoms with Gasteiger partial charge in [0.1, 0.15) is 5.52 Å². The number of thioether (sulfide) groups is 1. The summed E-state index contributed by atoms with van der Waals surface area (Å²) >= 11 is 1.60. The van der Waals surface area contributed by atoms with Crippen molar-refractivity contribution in [1.29, 1.82) is 0 Å². The molecule has 2 aromatic heterocycles. The van der Waals surface area contributed by atoms with Crippen LogP contribution >= 0.6 is 11.8 Å². The van der Waals surface area contributed by atoms with E-state index >= 15 is 0 Å². The number of aromatic amines is 1. The maximum Gasteiger partial charge on any atom is 0.318 e. The summed E-state index contributed by atoms with van der Waals surface area (Å²) in [6.07, 6.45) is 3.51. The number of rotatable bonds is 4. The molecule has 0 bridgehead atoms. The highest BCUT2D eigenvalue weighted by atomic mass is 32.2. The summed E-state index contributed by atoms with van der Waals surface area (Å²) in [6, 6.07) is 14.8. The molecule has 2 N–H and O–H groups in total. The molecule has 0 fully saturated rings. The molecule has 0 spiro atoms. The van der Waals surface area contributed by atoms with E-state index in [4.69, 9.17) is 0 Å². The van der Waals surface area contributed by atoms with Gasteiger partial charge >= 0.3 is 5.56 Å². The van der Waals surface area contributed by atoms with Gasteiger partial charge in [0.25, 0.3) is 11.6 Å². The molecule has 130 valence electrons. The van der Waals surface area contributed by atoms with E-state index in [-0.39, 0.29) is 18.0 Å². The van der Waals surface area contributed by atoms with Gasteiger partial charge in [0.15, 0.2) is 6.54 Å². The van der Waals surface area contributed by atoms with E-state index < -0.39 is 0 Å². The zero-order chi connectivity index (χ0) is 18.1. The van der Waals surface area contributed by atoms with E-state index in [2.05, 4.69) is 15.6 Å². The number of nitrogens with zero attached hydrogens (tertiary/aromatic N) is 3. The predicted molar refractivity (Wildman–Crippen MR) is 100 cm³/mol. The van der Waals surface area contributed by atoms with Crippen LogP contribution < -0.4 is 15.4 Å². The molecule has 0 aliphatic rings. The summed E-state index contributed by atoms with van der Waals surface area (Å²) in [6.45, 7) is -0.101. The topological polar surface area (TPSA) is 83.9 Å². The summed E-state index contributed by atoms with van der Waals surface area (Å²) in [5, 5.41) is 10.2. The van der Waals surface area contributed by atoms with E-state index in [0.29, 0.717) is 22.2 Å². The van der Waals surface area contributed by atoms with E-state index in [1.165, 1.54) is 10.8 Å². The lowest BCUT2D eigenvalue weighted by atomic mass is 10.2. The Kier molecular flexibility index (Phi) is 4.18. The van der Waals surface area contributed by atoms with Gasteiger partial charge in [-0.05, 0) is 41.7 Å². The number of H-pyrrole nitrogens is 1. The van der Waals surface area contributed by atoms with E-state index in [0.717, 1.165) is 4.90 Å². The second-order valence-corrected chi connectivity index (χ2v) is 6.62. The zero-order valence-corrected chi connectivity index (χ0v) is 14.8. The van der Waals surface area contributed by atoms with Crippen LogP contribution in [0.3, 0.4) is 0 Å². The first-order chi connectivity index (χ1) is 12.7. The Bertz CT molecular complexity index is 1180. The third kappa shape index (κ3) is 2.84. The molecule has 0 aliphatic heterocycles. The SMILES string of the molecule is CSc1cccc(NC(=O)Cn2c(=O)c3ccccc3[n+]3[nH]ncc23)c1. The minimum absolute atomic E-state index is 0.101. The van der Waals surface area contributed by atoms with Crippen LogP contribution in [0.15, 0.2) is 64.4 Å². The average molecular weight is 366 g/mol. The lowest BCUT2D eigenvalue weighted by Crippen LogP contribution is -2.37. The number of fused-ring (bicyclic) bond motifs is 3. The highest BCUT2D eigenvalue weighted by Crippen LogP contribution is 2.19. The fraction of sp³-hybridized carbons (Fsp3) is 0.111. The molecule has 0 radical (unpaired) electrons. The Balaban J connectivity index is 1.72. The minimum atomic E-state index is -0.274. The number of carbonyl (C=O) groups excluding carboxylic acids is 1. The molecular formula is C18H16N5O2S+. The number of aromatic nitrogens is 4. The van der Waals surface area contributed by atoms with Gasteiger partial charge in [-0.2, -0.15) is 0 Å². The highest BCUT2D eigenvalue weighted by molar-refractivity contribution is 7.98. The number of amides is 1. The van der Waals surface area contributed by atoms with Gasteiger partial charge in [0, 0.05) is 10.6 Å². The van der Waals surface area contributed by atoms with Crippen LogP contribution in [0, 0.1) is 0 Å². The summed E-state index contributed by atoms with van der Waals surface area (Å²) in [5.74, 6) is -0.274. The number of carbonyl (C=O) groups is 1. The average Bonchev–Trinajstić information content (AvgIpc) is 3.15. The van der Waals surface area contributed by atoms with Crippen LogP contribution in [0.2, 0.25) is 0 Å². The molecule has 2 heterocycles. The second kappa shape index (κ2) is 6.64. The predicted octanol–water partition coefficient (Wildman–Crippen LogP) is 1.82. The van der Waals surface area contributed by atoms with Crippen LogP contribution in [0.4, 0.5) is 5.69 Å². The van der Waals surface area contributed by atoms with Crippen molar-refractivity contribution >= 4 is 39.9 Å². The molecule has 8 heteroatoms. The molecule has 2 aromatic carbocycles. The molecule has 0 unspecified atom stereocenters. The van der Waals surface area contributed by atoms with E-state index in [1.54, 1.807) is 28.4 Å². The van der Waals surface area contributed by atoms with Gasteiger partial charge in [-0.25, -0.2) is 4.57 Å². The van der Waals surface area contributed by atoms with Gasteiger partial charge in [0.2, 0.25) is 6.20 Å². The number of hydrogen-bond acceptors (Lipinski definition) is 4. The molecule has 4 aromatic rings. The van der Waals surface area contributed by atoms with E-state index in [1.807, 2.05) is 42.7 Å². The standard InChI is InChI=1S/C18H15N5O2S/c1-26-13-6-4-5-12(9-13)20-16(24)11-22-17-10-19-21-23(17)15-8-3-2-7-14(15)18(22)25/h2-10H,11H2,1H3,(H,20,24)/p+1. The van der Waals surface area contributed by atoms with Crippen LogP contribution in [-0.4, -0.2) is 27.0 Å². The van der Waals surface area contributed by atoms with Crippen LogP contribution in [0.1, 0.15) is 0 Å². The van der Waals surface area contributed by atoms with Gasteiger partial charge in [0.05, 0.1) is 5.39 Å². The Labute approximate surface area is 152 Å². The summed E-state index contributed by atoms with van der Waals surface area (Å²) in [7, 11) is 0. The highest BCUT2D eigenvalue weighted by Gasteiger charge is 2.20.